The van der Waals surface area contributed by atoms with Gasteiger partial charge in [0, 0.05) is 38.1 Å². The summed E-state index contributed by atoms with van der Waals surface area (Å²) in [6.45, 7) is 4.73. The van der Waals surface area contributed by atoms with Gasteiger partial charge in [0.25, 0.3) is 0 Å². The second kappa shape index (κ2) is 13.3. The van der Waals surface area contributed by atoms with E-state index in [1.165, 1.54) is 109 Å². The van der Waals surface area contributed by atoms with Gasteiger partial charge in [-0.25, -0.2) is 0 Å². The monoisotopic (exact) mass is 808 g/mol. The van der Waals surface area contributed by atoms with Gasteiger partial charge < -0.3 is 9.47 Å². The first-order chi connectivity index (χ1) is 30.5. The van der Waals surface area contributed by atoms with Gasteiger partial charge >= 0.3 is 0 Å². The molecule has 292 valence electrons. The molecular weight excluding hydrogens is 769 g/mol. The fourth-order valence-electron chi connectivity index (χ4n) is 10.6. The molecule has 0 bridgehead atoms. The first-order valence-electron chi connectivity index (χ1n) is 21.5. The van der Waals surface area contributed by atoms with Crippen LogP contribution in [0.3, 0.4) is 0 Å². The number of para-hydroxylation sites is 1. The number of aromatic nitrogens is 1. The summed E-state index contributed by atoms with van der Waals surface area (Å²) < 4.78 is 2.46. The Balaban J connectivity index is 0.991. The van der Waals surface area contributed by atoms with Crippen LogP contribution < -0.4 is 4.90 Å². The van der Waals surface area contributed by atoms with Crippen molar-refractivity contribution in [3.63, 3.8) is 0 Å². The van der Waals surface area contributed by atoms with Crippen LogP contribution >= 0.6 is 11.3 Å². The van der Waals surface area contributed by atoms with E-state index in [1.807, 2.05) is 11.3 Å². The smallest absolute Gasteiger partial charge is 0.101 e. The Labute approximate surface area is 364 Å². The molecule has 0 saturated heterocycles. The number of thiophene rings is 1. The van der Waals surface area contributed by atoms with Crippen LogP contribution in [0.25, 0.3) is 92.5 Å². The highest BCUT2D eigenvalue weighted by atomic mass is 32.1. The topological polar surface area (TPSA) is 8.17 Å². The molecular formula is C59H40N2S. The zero-order chi connectivity index (χ0) is 41.1. The molecule has 0 saturated carbocycles. The van der Waals surface area contributed by atoms with Crippen molar-refractivity contribution in [3.05, 3.63) is 217 Å². The third kappa shape index (κ3) is 5.16. The van der Waals surface area contributed by atoms with Crippen LogP contribution in [0.4, 0.5) is 16.4 Å². The normalized spacial score (nSPS) is 13.1. The maximum atomic E-state index is 2.46. The summed E-state index contributed by atoms with van der Waals surface area (Å²) in [6.07, 6.45) is 0. The molecule has 1 aliphatic rings. The molecule has 0 radical (unpaired) electrons. The minimum Gasteiger partial charge on any atom is -0.309 e. The van der Waals surface area contributed by atoms with Crippen LogP contribution in [-0.4, -0.2) is 4.57 Å². The van der Waals surface area contributed by atoms with E-state index in [4.69, 9.17) is 0 Å². The maximum Gasteiger partial charge on any atom is 0.101 e. The highest BCUT2D eigenvalue weighted by Gasteiger charge is 2.36. The molecule has 3 heteroatoms. The van der Waals surface area contributed by atoms with Crippen molar-refractivity contribution in [1.82, 2.24) is 4.57 Å². The van der Waals surface area contributed by atoms with Gasteiger partial charge in [0.1, 0.15) is 5.00 Å². The number of nitrogens with zero attached hydrogens (tertiary/aromatic N) is 2. The van der Waals surface area contributed by atoms with Crippen molar-refractivity contribution < 1.29 is 0 Å². The SMILES string of the molecule is CC1(C)c2ccccc2-c2ccc(N(c3ccc(-c4ccccc4)cc3)c3ccc(-c4ccc5c(c4)c4c6ccc7cccc8ccc(cc4n5-c4ccccc4)c6c87)s3)cc21. The van der Waals surface area contributed by atoms with Crippen molar-refractivity contribution in [3.8, 4) is 38.4 Å². The lowest BCUT2D eigenvalue weighted by Crippen LogP contribution is -2.16. The minimum absolute atomic E-state index is 0.104. The zero-order valence-corrected chi connectivity index (χ0v) is 35.2. The van der Waals surface area contributed by atoms with Crippen molar-refractivity contribution >= 4 is 81.8 Å². The predicted octanol–water partition coefficient (Wildman–Crippen LogP) is 16.9. The molecule has 0 amide bonds. The molecule has 1 aliphatic carbocycles. The van der Waals surface area contributed by atoms with E-state index >= 15 is 0 Å². The average Bonchev–Trinajstić information content (AvgIpc) is 4.00. The average molecular weight is 809 g/mol. The lowest BCUT2D eigenvalue weighted by atomic mass is 9.82. The van der Waals surface area contributed by atoms with Crippen molar-refractivity contribution in [2.45, 2.75) is 19.3 Å². The van der Waals surface area contributed by atoms with Gasteiger partial charge in [-0.1, -0.05) is 153 Å². The summed E-state index contributed by atoms with van der Waals surface area (Å²) >= 11 is 1.85. The molecule has 12 aromatic rings. The fraction of sp³-hybridized carbons (Fsp3) is 0.0508. The maximum absolute atomic E-state index is 2.46. The number of rotatable bonds is 6. The molecule has 0 unspecified atom stereocenters. The van der Waals surface area contributed by atoms with Gasteiger partial charge in [-0.15, -0.1) is 11.3 Å². The van der Waals surface area contributed by atoms with Crippen molar-refractivity contribution in [2.24, 2.45) is 0 Å². The summed E-state index contributed by atoms with van der Waals surface area (Å²) in [5, 5.41) is 11.6. The first-order valence-corrected chi connectivity index (χ1v) is 22.3. The molecule has 2 aromatic heterocycles. The lowest BCUT2D eigenvalue weighted by molar-refractivity contribution is 0.660. The van der Waals surface area contributed by atoms with Gasteiger partial charge in [-0.05, 0) is 138 Å². The number of benzene rings is 10. The summed E-state index contributed by atoms with van der Waals surface area (Å²) in [5.41, 5.74) is 14.9. The Morgan fingerprint density at radius 1 is 0.419 bits per heavy atom. The molecule has 0 aliphatic heterocycles. The van der Waals surface area contributed by atoms with E-state index in [0.717, 1.165) is 11.4 Å². The van der Waals surface area contributed by atoms with E-state index in [-0.39, 0.29) is 5.41 Å². The summed E-state index contributed by atoms with van der Waals surface area (Å²) in [4.78, 5) is 3.69. The molecule has 2 heterocycles. The summed E-state index contributed by atoms with van der Waals surface area (Å²) in [6, 6.07) is 76.6. The second-order valence-electron chi connectivity index (χ2n) is 17.3. The van der Waals surface area contributed by atoms with Crippen molar-refractivity contribution in [1.29, 1.82) is 0 Å². The van der Waals surface area contributed by atoms with E-state index in [9.17, 15) is 0 Å². The van der Waals surface area contributed by atoms with Crippen LogP contribution in [0.2, 0.25) is 0 Å². The predicted molar refractivity (Wildman–Crippen MR) is 265 cm³/mol. The van der Waals surface area contributed by atoms with Crippen LogP contribution in [-0.2, 0) is 5.41 Å². The number of hydrogen-bond donors (Lipinski definition) is 0. The highest BCUT2D eigenvalue weighted by Crippen LogP contribution is 2.52. The van der Waals surface area contributed by atoms with Gasteiger partial charge in [-0.2, -0.15) is 0 Å². The quantitative estimate of drug-likeness (QED) is 0.152. The highest BCUT2D eigenvalue weighted by molar-refractivity contribution is 7.19. The zero-order valence-electron chi connectivity index (χ0n) is 34.4. The molecule has 0 fully saturated rings. The van der Waals surface area contributed by atoms with Gasteiger partial charge in [0.05, 0.1) is 11.0 Å². The summed E-state index contributed by atoms with van der Waals surface area (Å²) in [5.74, 6) is 0. The van der Waals surface area contributed by atoms with E-state index in [2.05, 4.69) is 230 Å². The Hall–Kier alpha value is -7.46. The minimum atomic E-state index is -0.104. The standard InChI is InChI=1S/C59H40N2S/c1-59(2)50-19-10-9-18-46(50)47-30-28-45(36-51(47)59)60(44-26-22-38(23-27-44)37-12-5-3-6-13-37)55-33-32-54(62-55)41-25-31-52-49(34-41)58-48-29-24-40-15-11-14-39-20-21-42(57(48)56(39)40)35-53(58)61(52)43-16-7-4-8-17-43/h3-36H,1-2H3. The molecule has 2 nitrogen and oxygen atoms in total. The fourth-order valence-corrected chi connectivity index (χ4v) is 11.6. The molecule has 0 spiro atoms. The second-order valence-corrected chi connectivity index (χ2v) is 18.4. The van der Waals surface area contributed by atoms with Crippen LogP contribution in [0.1, 0.15) is 25.0 Å². The molecule has 0 N–H and O–H groups in total. The molecule has 10 aromatic carbocycles. The number of anilines is 3. The van der Waals surface area contributed by atoms with Gasteiger partial charge in [-0.3, -0.25) is 0 Å². The van der Waals surface area contributed by atoms with Gasteiger partial charge in [0.2, 0.25) is 0 Å². The Morgan fingerprint density at radius 2 is 1.10 bits per heavy atom. The lowest BCUT2D eigenvalue weighted by Gasteiger charge is -2.27. The van der Waals surface area contributed by atoms with Crippen LogP contribution in [0, 0.1) is 0 Å². The molecule has 13 rings (SSSR count). The molecule has 62 heavy (non-hydrogen) atoms. The summed E-state index contributed by atoms with van der Waals surface area (Å²) in [7, 11) is 0. The first kappa shape index (κ1) is 35.3. The Bertz CT molecular complexity index is 3690. The third-order valence-electron chi connectivity index (χ3n) is 13.5. The Kier molecular flexibility index (Phi) is 7.56. The number of fused-ring (bicyclic) bond motifs is 7. The van der Waals surface area contributed by atoms with Crippen molar-refractivity contribution in [2.75, 3.05) is 4.90 Å². The largest absolute Gasteiger partial charge is 0.309 e. The molecule has 0 atom stereocenters. The Morgan fingerprint density at radius 3 is 1.92 bits per heavy atom. The third-order valence-corrected chi connectivity index (χ3v) is 14.7. The van der Waals surface area contributed by atoms with E-state index < -0.39 is 0 Å². The van der Waals surface area contributed by atoms with Crippen LogP contribution in [0.5, 0.6) is 0 Å². The van der Waals surface area contributed by atoms with Crippen LogP contribution in [0.15, 0.2) is 206 Å². The number of hydrogen-bond acceptors (Lipinski definition) is 2. The van der Waals surface area contributed by atoms with Gasteiger partial charge in [0.15, 0.2) is 0 Å². The van der Waals surface area contributed by atoms with E-state index in [0.29, 0.717) is 0 Å². The van der Waals surface area contributed by atoms with E-state index in [1.54, 1.807) is 0 Å².